The van der Waals surface area contributed by atoms with Crippen molar-refractivity contribution in [3.8, 4) is 0 Å². The van der Waals surface area contributed by atoms with Crippen molar-refractivity contribution in [2.75, 3.05) is 39.3 Å². The molecule has 5 nitrogen and oxygen atoms in total. The van der Waals surface area contributed by atoms with Crippen LogP contribution >= 0.6 is 0 Å². The molecule has 0 atom stereocenters. The van der Waals surface area contributed by atoms with E-state index in [-0.39, 0.29) is 11.8 Å². The van der Waals surface area contributed by atoms with Crippen LogP contribution in [0.1, 0.15) is 63.0 Å². The van der Waals surface area contributed by atoms with Crippen molar-refractivity contribution in [2.45, 2.75) is 58.3 Å². The Morgan fingerprint density at radius 3 is 2.28 bits per heavy atom. The van der Waals surface area contributed by atoms with Gasteiger partial charge >= 0.3 is 0 Å². The van der Waals surface area contributed by atoms with Crippen LogP contribution in [0.15, 0.2) is 24.3 Å². The molecule has 2 aliphatic rings. The van der Waals surface area contributed by atoms with Gasteiger partial charge in [-0.1, -0.05) is 38.1 Å². The van der Waals surface area contributed by atoms with E-state index >= 15 is 0 Å². The molecule has 1 N–H and O–H groups in total. The van der Waals surface area contributed by atoms with E-state index in [0.29, 0.717) is 24.9 Å². The fourth-order valence-electron chi connectivity index (χ4n) is 4.38. The number of hydrogen-bond acceptors (Lipinski definition) is 3. The van der Waals surface area contributed by atoms with E-state index in [1.54, 1.807) is 0 Å². The molecule has 0 saturated carbocycles. The number of rotatable bonds is 7. The molecule has 29 heavy (non-hydrogen) atoms. The van der Waals surface area contributed by atoms with Gasteiger partial charge in [-0.3, -0.25) is 14.5 Å². The highest BCUT2D eigenvalue weighted by atomic mass is 16.2. The zero-order chi connectivity index (χ0) is 20.6. The summed E-state index contributed by atoms with van der Waals surface area (Å²) in [4.78, 5) is 29.2. The molecule has 160 valence electrons. The molecule has 1 aromatic rings. The van der Waals surface area contributed by atoms with Crippen molar-refractivity contribution in [3.63, 3.8) is 0 Å². The normalized spacial score (nSPS) is 18.8. The summed E-state index contributed by atoms with van der Waals surface area (Å²) >= 11 is 0. The lowest BCUT2D eigenvalue weighted by molar-refractivity contribution is -0.138. The van der Waals surface area contributed by atoms with Gasteiger partial charge in [0.25, 0.3) is 0 Å². The molecule has 0 unspecified atom stereocenters. The minimum absolute atomic E-state index is 0.0876. The minimum atomic E-state index is 0.0876. The topological polar surface area (TPSA) is 52.7 Å². The lowest BCUT2D eigenvalue weighted by atomic mass is 9.94. The fraction of sp³-hybridized carbons (Fsp3) is 0.667. The molecular formula is C24H37N3O2. The molecule has 2 amide bonds. The van der Waals surface area contributed by atoms with Gasteiger partial charge in [0.1, 0.15) is 0 Å². The molecule has 2 saturated heterocycles. The Labute approximate surface area is 175 Å². The fourth-order valence-corrected chi connectivity index (χ4v) is 4.38. The van der Waals surface area contributed by atoms with Gasteiger partial charge in [0.05, 0.1) is 6.54 Å². The molecule has 2 fully saturated rings. The van der Waals surface area contributed by atoms with Crippen LogP contribution in [0.3, 0.4) is 0 Å². The molecule has 1 aromatic carbocycles. The van der Waals surface area contributed by atoms with Gasteiger partial charge in [0.15, 0.2) is 0 Å². The van der Waals surface area contributed by atoms with Crippen molar-refractivity contribution >= 4 is 11.8 Å². The smallest absolute Gasteiger partial charge is 0.234 e. The zero-order valence-corrected chi connectivity index (χ0v) is 18.2. The Balaban J connectivity index is 1.32. The van der Waals surface area contributed by atoms with E-state index in [2.05, 4.69) is 53.2 Å². The number of carbonyl (C=O) groups is 2. The molecule has 0 radical (unpaired) electrons. The zero-order valence-electron chi connectivity index (χ0n) is 18.2. The quantitative estimate of drug-likeness (QED) is 0.766. The minimum Gasteiger partial charge on any atom is -0.355 e. The molecule has 0 spiro atoms. The Morgan fingerprint density at radius 1 is 1.00 bits per heavy atom. The van der Waals surface area contributed by atoms with Crippen LogP contribution < -0.4 is 5.32 Å². The maximum atomic E-state index is 12.6. The third-order valence-corrected chi connectivity index (χ3v) is 6.35. The molecule has 0 bridgehead atoms. The molecule has 0 aliphatic carbocycles. The molecule has 3 rings (SSSR count). The maximum absolute atomic E-state index is 12.6. The Kier molecular flexibility index (Phi) is 8.10. The van der Waals surface area contributed by atoms with Crippen molar-refractivity contribution in [3.05, 3.63) is 35.4 Å². The lowest BCUT2D eigenvalue weighted by Crippen LogP contribution is -2.46. The predicted molar refractivity (Wildman–Crippen MR) is 117 cm³/mol. The van der Waals surface area contributed by atoms with Crippen LogP contribution in [-0.4, -0.2) is 60.9 Å². The van der Waals surface area contributed by atoms with E-state index in [4.69, 9.17) is 0 Å². The molecule has 2 aliphatic heterocycles. The second kappa shape index (κ2) is 10.8. The van der Waals surface area contributed by atoms with Crippen LogP contribution in [0.25, 0.3) is 0 Å². The largest absolute Gasteiger partial charge is 0.355 e. The van der Waals surface area contributed by atoms with Gasteiger partial charge in [-0.25, -0.2) is 0 Å². The van der Waals surface area contributed by atoms with Gasteiger partial charge in [-0.2, -0.15) is 0 Å². The van der Waals surface area contributed by atoms with Crippen LogP contribution in [0.5, 0.6) is 0 Å². The number of nitrogens with one attached hydrogen (secondary N) is 1. The van der Waals surface area contributed by atoms with Gasteiger partial charge in [0.2, 0.25) is 11.8 Å². The highest BCUT2D eigenvalue weighted by molar-refractivity contribution is 5.79. The van der Waals surface area contributed by atoms with Crippen LogP contribution in [0.4, 0.5) is 0 Å². The number of nitrogens with zero attached hydrogens (tertiary/aromatic N) is 2. The van der Waals surface area contributed by atoms with Gasteiger partial charge in [-0.05, 0) is 68.7 Å². The number of carbonyl (C=O) groups excluding carboxylic acids is 2. The maximum Gasteiger partial charge on any atom is 0.234 e. The molecule has 5 heteroatoms. The van der Waals surface area contributed by atoms with E-state index in [1.165, 1.54) is 17.5 Å². The summed E-state index contributed by atoms with van der Waals surface area (Å²) in [7, 11) is 0. The van der Waals surface area contributed by atoms with Gasteiger partial charge in [0, 0.05) is 25.6 Å². The van der Waals surface area contributed by atoms with Crippen LogP contribution in [0.2, 0.25) is 0 Å². The summed E-state index contributed by atoms with van der Waals surface area (Å²) in [6.45, 7) is 9.05. The number of benzene rings is 1. The number of likely N-dealkylation sites (tertiary alicyclic amines) is 2. The van der Waals surface area contributed by atoms with E-state index in [0.717, 1.165) is 58.3 Å². The predicted octanol–water partition coefficient (Wildman–Crippen LogP) is 3.19. The Morgan fingerprint density at radius 2 is 1.66 bits per heavy atom. The third-order valence-electron chi connectivity index (χ3n) is 6.35. The van der Waals surface area contributed by atoms with E-state index < -0.39 is 0 Å². The van der Waals surface area contributed by atoms with Crippen LogP contribution in [-0.2, 0) is 16.0 Å². The second-order valence-corrected chi connectivity index (χ2v) is 8.93. The highest BCUT2D eigenvalue weighted by Gasteiger charge is 2.29. The monoisotopic (exact) mass is 399 g/mol. The second-order valence-electron chi connectivity index (χ2n) is 8.93. The first-order chi connectivity index (χ1) is 14.0. The van der Waals surface area contributed by atoms with Crippen molar-refractivity contribution in [1.82, 2.24) is 15.1 Å². The molecule has 0 aromatic heterocycles. The molecule has 2 heterocycles. The lowest BCUT2D eigenvalue weighted by Gasteiger charge is -2.35. The summed E-state index contributed by atoms with van der Waals surface area (Å²) in [5, 5.41) is 3.05. The first-order valence-electron chi connectivity index (χ1n) is 11.4. The Hall–Kier alpha value is -1.88. The van der Waals surface area contributed by atoms with E-state index in [9.17, 15) is 9.59 Å². The average molecular weight is 400 g/mol. The molecular weight excluding hydrogens is 362 g/mol. The van der Waals surface area contributed by atoms with Crippen molar-refractivity contribution in [1.29, 1.82) is 0 Å². The Bertz CT molecular complexity index is 657. The standard InChI is InChI=1S/C24H37N3O2/c1-19(2)21-8-6-20(7-9-21)10-13-25-23(28)18-26-16-11-22(12-17-26)24(29)27-14-4-3-5-15-27/h6-9,19,22H,3-5,10-18H2,1-2H3,(H,25,28). The van der Waals surface area contributed by atoms with E-state index in [1.807, 2.05) is 0 Å². The number of piperidine rings is 2. The van der Waals surface area contributed by atoms with Crippen LogP contribution in [0, 0.1) is 5.92 Å². The summed E-state index contributed by atoms with van der Waals surface area (Å²) in [6.07, 6.45) is 6.16. The van der Waals surface area contributed by atoms with Gasteiger partial charge in [-0.15, -0.1) is 0 Å². The number of amides is 2. The van der Waals surface area contributed by atoms with Crippen molar-refractivity contribution in [2.24, 2.45) is 5.92 Å². The summed E-state index contributed by atoms with van der Waals surface area (Å²) < 4.78 is 0. The summed E-state index contributed by atoms with van der Waals surface area (Å²) in [5.74, 6) is 1.13. The SMILES string of the molecule is CC(C)c1ccc(CCNC(=O)CN2CCC(C(=O)N3CCCCC3)CC2)cc1. The number of hydrogen-bond donors (Lipinski definition) is 1. The first kappa shape index (κ1) is 21.8. The third kappa shape index (κ3) is 6.56. The van der Waals surface area contributed by atoms with Crippen molar-refractivity contribution < 1.29 is 9.59 Å². The highest BCUT2D eigenvalue weighted by Crippen LogP contribution is 2.21. The summed E-state index contributed by atoms with van der Waals surface area (Å²) in [5.41, 5.74) is 2.60. The summed E-state index contributed by atoms with van der Waals surface area (Å²) in [6, 6.07) is 8.67. The van der Waals surface area contributed by atoms with Gasteiger partial charge < -0.3 is 10.2 Å². The first-order valence-corrected chi connectivity index (χ1v) is 11.4. The average Bonchev–Trinajstić information content (AvgIpc) is 2.75.